The van der Waals surface area contributed by atoms with Crippen molar-refractivity contribution in [2.45, 2.75) is 82.5 Å². The van der Waals surface area contributed by atoms with E-state index in [0.29, 0.717) is 0 Å². The van der Waals surface area contributed by atoms with E-state index >= 15 is 0 Å². The molecule has 1 aliphatic rings. The molecule has 0 saturated carbocycles. The zero-order valence-corrected chi connectivity index (χ0v) is 13.9. The molecular formula is C16H33NO5. The minimum Gasteiger partial charge on any atom is -0.394 e. The van der Waals surface area contributed by atoms with Crippen LogP contribution in [0.5, 0.6) is 0 Å². The van der Waals surface area contributed by atoms with Crippen LogP contribution in [0.3, 0.4) is 0 Å². The smallest absolute Gasteiger partial charge is 0.173 e. The van der Waals surface area contributed by atoms with Gasteiger partial charge in [-0.1, -0.05) is 45.4 Å². The Kier molecular flexibility index (Phi) is 9.47. The summed E-state index contributed by atoms with van der Waals surface area (Å²) >= 11 is 0. The average molecular weight is 319 g/mol. The normalized spacial score (nSPS) is 32.6. The molecule has 132 valence electrons. The molecule has 6 heteroatoms. The van der Waals surface area contributed by atoms with E-state index < -0.39 is 37.3 Å². The molecule has 1 saturated heterocycles. The lowest BCUT2D eigenvalue weighted by Crippen LogP contribution is -2.63. The van der Waals surface area contributed by atoms with Gasteiger partial charge in [0.2, 0.25) is 0 Å². The molecular weight excluding hydrogens is 286 g/mol. The van der Waals surface area contributed by atoms with Crippen LogP contribution in [0.15, 0.2) is 0 Å². The number of nitrogens with zero attached hydrogens (tertiary/aromatic N) is 1. The van der Waals surface area contributed by atoms with Crippen LogP contribution < -0.4 is 0 Å². The van der Waals surface area contributed by atoms with Crippen LogP contribution in [0.2, 0.25) is 0 Å². The first-order chi connectivity index (χ1) is 10.5. The Morgan fingerprint density at radius 1 is 0.909 bits per heavy atom. The van der Waals surface area contributed by atoms with Gasteiger partial charge in [-0.3, -0.25) is 4.90 Å². The van der Waals surface area contributed by atoms with Crippen molar-refractivity contribution in [1.29, 1.82) is 0 Å². The van der Waals surface area contributed by atoms with Gasteiger partial charge in [0.25, 0.3) is 0 Å². The molecule has 1 fully saturated rings. The number of unbranched alkanes of at least 4 members (excludes halogenated alkanes) is 6. The highest BCUT2D eigenvalue weighted by Crippen LogP contribution is 2.23. The van der Waals surface area contributed by atoms with E-state index in [2.05, 4.69) is 6.92 Å². The summed E-state index contributed by atoms with van der Waals surface area (Å²) < 4.78 is 5.18. The van der Waals surface area contributed by atoms with Gasteiger partial charge in [-0.2, -0.15) is 0 Å². The quantitative estimate of drug-likeness (QED) is 0.437. The summed E-state index contributed by atoms with van der Waals surface area (Å²) in [6, 6.07) is -0.669. The second kappa shape index (κ2) is 10.5. The fourth-order valence-electron chi connectivity index (χ4n) is 3.03. The number of hydrogen-bond donors (Lipinski definition) is 4. The number of aliphatic hydroxyl groups excluding tert-OH is 4. The Hall–Kier alpha value is -0.240. The summed E-state index contributed by atoms with van der Waals surface area (Å²) in [6.45, 7) is 2.50. The highest BCUT2D eigenvalue weighted by molar-refractivity contribution is 4.93. The van der Waals surface area contributed by atoms with Crippen molar-refractivity contribution >= 4 is 0 Å². The minimum absolute atomic E-state index is 0.427. The van der Waals surface area contributed by atoms with Crippen LogP contribution in [0.25, 0.3) is 0 Å². The van der Waals surface area contributed by atoms with Gasteiger partial charge in [0.15, 0.2) is 6.29 Å². The lowest BCUT2D eigenvalue weighted by atomic mass is 9.96. The Morgan fingerprint density at radius 3 is 2.09 bits per heavy atom. The van der Waals surface area contributed by atoms with Crippen molar-refractivity contribution in [3.05, 3.63) is 0 Å². The molecule has 22 heavy (non-hydrogen) atoms. The number of aliphatic hydroxyl groups is 4. The summed E-state index contributed by atoms with van der Waals surface area (Å²) in [4.78, 5) is 1.83. The van der Waals surface area contributed by atoms with Crippen molar-refractivity contribution in [3.63, 3.8) is 0 Å². The van der Waals surface area contributed by atoms with Crippen molar-refractivity contribution in [3.8, 4) is 0 Å². The molecule has 0 aromatic rings. The van der Waals surface area contributed by atoms with Crippen LogP contribution in [0.4, 0.5) is 0 Å². The van der Waals surface area contributed by atoms with E-state index in [9.17, 15) is 15.3 Å². The topological polar surface area (TPSA) is 93.4 Å². The first kappa shape index (κ1) is 19.8. The van der Waals surface area contributed by atoms with Gasteiger partial charge in [0.05, 0.1) is 12.6 Å². The van der Waals surface area contributed by atoms with Crippen LogP contribution >= 0.6 is 0 Å². The zero-order valence-electron chi connectivity index (χ0n) is 13.9. The molecule has 4 N–H and O–H groups in total. The van der Waals surface area contributed by atoms with Crippen molar-refractivity contribution in [2.75, 3.05) is 20.2 Å². The number of ether oxygens (including phenoxy) is 1. The van der Waals surface area contributed by atoms with E-state index in [1.54, 1.807) is 0 Å². The van der Waals surface area contributed by atoms with Crippen LogP contribution in [-0.2, 0) is 4.74 Å². The largest absolute Gasteiger partial charge is 0.394 e. The lowest BCUT2D eigenvalue weighted by Gasteiger charge is -2.44. The summed E-state index contributed by atoms with van der Waals surface area (Å²) in [5, 5.41) is 39.1. The molecule has 0 aromatic carbocycles. The van der Waals surface area contributed by atoms with Gasteiger partial charge in [-0.15, -0.1) is 0 Å². The molecule has 0 bridgehead atoms. The van der Waals surface area contributed by atoms with Gasteiger partial charge in [0.1, 0.15) is 18.3 Å². The molecule has 5 atom stereocenters. The number of likely N-dealkylation sites (N-methyl/N-ethyl adjacent to an activating group) is 1. The predicted octanol–water partition coefficient (Wildman–Crippen LogP) is 0.469. The lowest BCUT2D eigenvalue weighted by molar-refractivity contribution is -0.270. The van der Waals surface area contributed by atoms with E-state index in [-0.39, 0.29) is 0 Å². The van der Waals surface area contributed by atoms with Crippen LogP contribution in [0, 0.1) is 0 Å². The Bertz CT molecular complexity index is 292. The van der Waals surface area contributed by atoms with Gasteiger partial charge in [0, 0.05) is 0 Å². The third-order valence-electron chi connectivity index (χ3n) is 4.49. The average Bonchev–Trinajstić information content (AvgIpc) is 2.50. The molecule has 0 spiro atoms. The van der Waals surface area contributed by atoms with Crippen molar-refractivity contribution in [1.82, 2.24) is 4.90 Å². The maximum atomic E-state index is 10.1. The molecule has 0 amide bonds. The summed E-state index contributed by atoms with van der Waals surface area (Å²) in [7, 11) is 1.81. The number of hydrogen-bond acceptors (Lipinski definition) is 6. The Labute approximate surface area is 133 Å². The minimum atomic E-state index is -1.20. The molecule has 0 radical (unpaired) electrons. The predicted molar refractivity (Wildman–Crippen MR) is 84.4 cm³/mol. The molecule has 1 aliphatic heterocycles. The summed E-state index contributed by atoms with van der Waals surface area (Å²) in [6.07, 6.45) is 3.94. The molecule has 0 aliphatic carbocycles. The van der Waals surface area contributed by atoms with E-state index in [1.807, 2.05) is 11.9 Å². The van der Waals surface area contributed by atoms with Crippen LogP contribution in [0.1, 0.15) is 51.9 Å². The fraction of sp³-hybridized carbons (Fsp3) is 1.00. The maximum absolute atomic E-state index is 10.1. The first-order valence-electron chi connectivity index (χ1n) is 8.53. The standard InChI is InChI=1S/C16H33NO5/c1-3-4-5-6-7-8-9-10-17(2)13-15(20)14(19)12(11-18)22-16(13)21/h12-16,18-21H,3-11H2,1-2H3/t12-,13-,14-,15-,16?/m1/s1. The highest BCUT2D eigenvalue weighted by atomic mass is 16.6. The van der Waals surface area contributed by atoms with E-state index in [4.69, 9.17) is 9.84 Å². The summed E-state index contributed by atoms with van der Waals surface area (Å²) in [5.74, 6) is 0. The van der Waals surface area contributed by atoms with Gasteiger partial charge in [-0.25, -0.2) is 0 Å². The molecule has 0 aromatic heterocycles. The molecule has 1 rings (SSSR count). The molecule has 1 unspecified atom stereocenters. The van der Waals surface area contributed by atoms with Gasteiger partial charge >= 0.3 is 0 Å². The van der Waals surface area contributed by atoms with E-state index in [0.717, 1.165) is 19.4 Å². The Balaban J connectivity index is 2.30. The molecule has 1 heterocycles. The maximum Gasteiger partial charge on any atom is 0.173 e. The Morgan fingerprint density at radius 2 is 1.50 bits per heavy atom. The van der Waals surface area contributed by atoms with Gasteiger partial charge < -0.3 is 25.2 Å². The molecule has 6 nitrogen and oxygen atoms in total. The summed E-state index contributed by atoms with van der Waals surface area (Å²) in [5.41, 5.74) is 0. The van der Waals surface area contributed by atoms with E-state index in [1.165, 1.54) is 32.1 Å². The second-order valence-corrected chi connectivity index (χ2v) is 6.32. The number of rotatable bonds is 10. The van der Waals surface area contributed by atoms with Crippen molar-refractivity contribution < 1.29 is 25.2 Å². The fourth-order valence-corrected chi connectivity index (χ4v) is 3.03. The first-order valence-corrected chi connectivity index (χ1v) is 8.53. The SMILES string of the molecule is CCCCCCCCCN(C)[C@H]1C(O)O[C@H](CO)[C@@H](O)[C@@H]1O. The van der Waals surface area contributed by atoms with Crippen LogP contribution in [-0.4, -0.2) is 76.2 Å². The monoisotopic (exact) mass is 319 g/mol. The third-order valence-corrected chi connectivity index (χ3v) is 4.49. The second-order valence-electron chi connectivity index (χ2n) is 6.32. The van der Waals surface area contributed by atoms with Crippen molar-refractivity contribution in [2.24, 2.45) is 0 Å². The third kappa shape index (κ3) is 5.76. The zero-order chi connectivity index (χ0) is 16.5. The van der Waals surface area contributed by atoms with Gasteiger partial charge in [-0.05, 0) is 20.0 Å². The highest BCUT2D eigenvalue weighted by Gasteiger charge is 2.45.